The summed E-state index contributed by atoms with van der Waals surface area (Å²) in [5.74, 6) is -0.755. The highest BCUT2D eigenvalue weighted by Gasteiger charge is 2.30. The second-order valence-corrected chi connectivity index (χ2v) is 5.88. The molecule has 1 aromatic heterocycles. The predicted octanol–water partition coefficient (Wildman–Crippen LogP) is 2.52. The second-order valence-electron chi connectivity index (χ2n) is 4.61. The third kappa shape index (κ3) is 3.30. The van der Waals surface area contributed by atoms with Crippen LogP contribution >= 0.6 is 27.5 Å². The molecule has 5 nitrogen and oxygen atoms in total. The molecule has 1 saturated heterocycles. The Bertz CT molecular complexity index is 538. The summed E-state index contributed by atoms with van der Waals surface area (Å²) in [7, 11) is 1.36. The average molecular weight is 362 g/mol. The summed E-state index contributed by atoms with van der Waals surface area (Å²) >= 11 is 9.23. The van der Waals surface area contributed by atoms with Gasteiger partial charge >= 0.3 is 5.97 Å². The Labute approximate surface area is 130 Å². The molecule has 1 fully saturated rings. The van der Waals surface area contributed by atoms with Crippen molar-refractivity contribution in [1.29, 1.82) is 0 Å². The van der Waals surface area contributed by atoms with Gasteiger partial charge in [-0.2, -0.15) is 0 Å². The molecule has 1 atom stereocenters. The molecular formula is C13H14BrClN2O3. The lowest BCUT2D eigenvalue weighted by Gasteiger charge is -2.31. The summed E-state index contributed by atoms with van der Waals surface area (Å²) in [4.78, 5) is 29.6. The van der Waals surface area contributed by atoms with Crippen LogP contribution in [0, 0.1) is 5.92 Å². The molecule has 1 amide bonds. The average Bonchev–Trinajstić information content (AvgIpc) is 2.48. The molecule has 0 radical (unpaired) electrons. The number of methoxy groups -OCH3 is 1. The number of pyridine rings is 1. The van der Waals surface area contributed by atoms with Crippen molar-refractivity contribution in [1.82, 2.24) is 9.88 Å². The molecule has 2 heterocycles. The standard InChI is InChI=1S/C13H14BrClN2O3/c1-20-13(19)8-3-2-4-17(7-8)12(18)10-5-9(14)6-16-11(10)15/h5-6,8H,2-4,7H2,1H3. The van der Waals surface area contributed by atoms with E-state index in [0.717, 1.165) is 12.8 Å². The van der Waals surface area contributed by atoms with Crippen LogP contribution in [0.2, 0.25) is 5.15 Å². The van der Waals surface area contributed by atoms with Crippen LogP contribution in [0.15, 0.2) is 16.7 Å². The first kappa shape index (κ1) is 15.3. The molecule has 0 bridgehead atoms. The summed E-state index contributed by atoms with van der Waals surface area (Å²) in [5, 5.41) is 0.165. The van der Waals surface area contributed by atoms with Crippen LogP contribution in [0.5, 0.6) is 0 Å². The minimum absolute atomic E-state index is 0.165. The van der Waals surface area contributed by atoms with Gasteiger partial charge in [-0.1, -0.05) is 11.6 Å². The Morgan fingerprint density at radius 2 is 2.30 bits per heavy atom. The van der Waals surface area contributed by atoms with Crippen molar-refractivity contribution in [2.24, 2.45) is 5.92 Å². The number of aromatic nitrogens is 1. The number of likely N-dealkylation sites (tertiary alicyclic amines) is 1. The molecule has 1 aromatic rings. The van der Waals surface area contributed by atoms with Crippen LogP contribution in [-0.4, -0.2) is 42.0 Å². The Balaban J connectivity index is 2.16. The smallest absolute Gasteiger partial charge is 0.310 e. The van der Waals surface area contributed by atoms with Gasteiger partial charge in [0.15, 0.2) is 0 Å². The quantitative estimate of drug-likeness (QED) is 0.600. The molecule has 1 unspecified atom stereocenters. The molecule has 7 heteroatoms. The highest BCUT2D eigenvalue weighted by molar-refractivity contribution is 9.10. The van der Waals surface area contributed by atoms with Crippen LogP contribution in [0.25, 0.3) is 0 Å². The predicted molar refractivity (Wildman–Crippen MR) is 77.6 cm³/mol. The monoisotopic (exact) mass is 360 g/mol. The van der Waals surface area contributed by atoms with Crippen LogP contribution in [0.3, 0.4) is 0 Å². The van der Waals surface area contributed by atoms with E-state index in [1.807, 2.05) is 0 Å². The van der Waals surface area contributed by atoms with Gasteiger partial charge in [-0.15, -0.1) is 0 Å². The van der Waals surface area contributed by atoms with E-state index in [0.29, 0.717) is 23.1 Å². The van der Waals surface area contributed by atoms with E-state index in [9.17, 15) is 9.59 Å². The molecule has 1 aliphatic rings. The van der Waals surface area contributed by atoms with E-state index >= 15 is 0 Å². The number of piperidine rings is 1. The van der Waals surface area contributed by atoms with Crippen molar-refractivity contribution in [3.8, 4) is 0 Å². The van der Waals surface area contributed by atoms with Crippen molar-refractivity contribution < 1.29 is 14.3 Å². The first-order valence-corrected chi connectivity index (χ1v) is 7.38. The summed E-state index contributed by atoms with van der Waals surface area (Å²) in [6.07, 6.45) is 3.04. The zero-order chi connectivity index (χ0) is 14.7. The molecule has 108 valence electrons. The van der Waals surface area contributed by atoms with Crippen LogP contribution in [0.1, 0.15) is 23.2 Å². The van der Waals surface area contributed by atoms with Gasteiger partial charge in [-0.3, -0.25) is 9.59 Å². The minimum Gasteiger partial charge on any atom is -0.469 e. The Morgan fingerprint density at radius 3 is 3.00 bits per heavy atom. The van der Waals surface area contributed by atoms with E-state index in [-0.39, 0.29) is 22.9 Å². The van der Waals surface area contributed by atoms with E-state index in [2.05, 4.69) is 20.9 Å². The SMILES string of the molecule is COC(=O)C1CCCN(C(=O)c2cc(Br)cnc2Cl)C1. The minimum atomic E-state index is -0.277. The summed E-state index contributed by atoms with van der Waals surface area (Å²) in [5.41, 5.74) is 0.339. The molecule has 0 spiro atoms. The van der Waals surface area contributed by atoms with Gasteiger partial charge in [0.25, 0.3) is 5.91 Å². The maximum atomic E-state index is 12.5. The number of hydrogen-bond donors (Lipinski definition) is 0. The van der Waals surface area contributed by atoms with Crippen molar-refractivity contribution in [2.45, 2.75) is 12.8 Å². The largest absolute Gasteiger partial charge is 0.469 e. The highest BCUT2D eigenvalue weighted by Crippen LogP contribution is 2.23. The van der Waals surface area contributed by atoms with Gasteiger partial charge in [0.1, 0.15) is 5.15 Å². The van der Waals surface area contributed by atoms with Gasteiger partial charge < -0.3 is 9.64 Å². The lowest BCUT2D eigenvalue weighted by Crippen LogP contribution is -2.42. The Morgan fingerprint density at radius 1 is 1.55 bits per heavy atom. The van der Waals surface area contributed by atoms with Crippen molar-refractivity contribution in [3.05, 3.63) is 27.5 Å². The Hall–Kier alpha value is -1.14. The number of carbonyl (C=O) groups excluding carboxylic acids is 2. The first-order valence-electron chi connectivity index (χ1n) is 6.21. The zero-order valence-corrected chi connectivity index (χ0v) is 13.3. The molecule has 0 N–H and O–H groups in total. The van der Waals surface area contributed by atoms with E-state index in [1.54, 1.807) is 11.0 Å². The van der Waals surface area contributed by atoms with Crippen molar-refractivity contribution >= 4 is 39.4 Å². The van der Waals surface area contributed by atoms with Crippen molar-refractivity contribution in [2.75, 3.05) is 20.2 Å². The van der Waals surface area contributed by atoms with E-state index in [1.165, 1.54) is 13.3 Å². The maximum absolute atomic E-state index is 12.5. The maximum Gasteiger partial charge on any atom is 0.310 e. The lowest BCUT2D eigenvalue weighted by atomic mass is 9.97. The molecule has 0 saturated carbocycles. The third-order valence-corrected chi connectivity index (χ3v) is 4.01. The fourth-order valence-corrected chi connectivity index (χ4v) is 2.78. The zero-order valence-electron chi connectivity index (χ0n) is 10.9. The van der Waals surface area contributed by atoms with Crippen LogP contribution in [-0.2, 0) is 9.53 Å². The number of carbonyl (C=O) groups is 2. The molecule has 20 heavy (non-hydrogen) atoms. The molecule has 0 aromatic carbocycles. The number of nitrogens with zero attached hydrogens (tertiary/aromatic N) is 2. The second kappa shape index (κ2) is 6.54. The fraction of sp³-hybridized carbons (Fsp3) is 0.462. The number of halogens is 2. The summed E-state index contributed by atoms with van der Waals surface area (Å²) in [6, 6.07) is 1.64. The van der Waals surface area contributed by atoms with Gasteiger partial charge in [0.2, 0.25) is 0 Å². The highest BCUT2D eigenvalue weighted by atomic mass is 79.9. The van der Waals surface area contributed by atoms with E-state index < -0.39 is 0 Å². The summed E-state index contributed by atoms with van der Waals surface area (Å²) in [6.45, 7) is 0.962. The lowest BCUT2D eigenvalue weighted by molar-refractivity contribution is -0.146. The normalized spacial score (nSPS) is 18.8. The van der Waals surface area contributed by atoms with Crippen molar-refractivity contribution in [3.63, 3.8) is 0 Å². The third-order valence-electron chi connectivity index (χ3n) is 3.28. The van der Waals surface area contributed by atoms with Crippen LogP contribution in [0.4, 0.5) is 0 Å². The molecule has 2 rings (SSSR count). The number of ether oxygens (including phenoxy) is 1. The number of esters is 1. The molecule has 0 aliphatic carbocycles. The molecule has 1 aliphatic heterocycles. The van der Waals surface area contributed by atoms with E-state index in [4.69, 9.17) is 16.3 Å². The van der Waals surface area contributed by atoms with Gasteiger partial charge in [0, 0.05) is 23.8 Å². The number of rotatable bonds is 2. The fourth-order valence-electron chi connectivity index (χ4n) is 2.26. The molecular weight excluding hydrogens is 348 g/mol. The first-order chi connectivity index (χ1) is 9.52. The van der Waals surface area contributed by atoms with Crippen LogP contribution < -0.4 is 0 Å². The number of hydrogen-bond acceptors (Lipinski definition) is 4. The Kier molecular flexibility index (Phi) is 4.99. The van der Waals surface area contributed by atoms with Gasteiger partial charge in [-0.05, 0) is 34.8 Å². The summed E-state index contributed by atoms with van der Waals surface area (Å²) < 4.78 is 5.43. The topological polar surface area (TPSA) is 59.5 Å². The number of amides is 1. The van der Waals surface area contributed by atoms with Gasteiger partial charge in [0.05, 0.1) is 18.6 Å². The van der Waals surface area contributed by atoms with Gasteiger partial charge in [-0.25, -0.2) is 4.98 Å².